The van der Waals surface area contributed by atoms with Crippen LogP contribution in [0.25, 0.3) is 6.08 Å². The summed E-state index contributed by atoms with van der Waals surface area (Å²) in [6.07, 6.45) is 4.68. The Morgan fingerprint density at radius 2 is 1.89 bits per heavy atom. The molecular weight excluding hydrogens is 364 g/mol. The molecule has 0 spiro atoms. The molecule has 0 bridgehead atoms. The van der Waals surface area contributed by atoms with Crippen LogP contribution in [0.2, 0.25) is 0 Å². The number of carbonyl (C=O) groups is 1. The summed E-state index contributed by atoms with van der Waals surface area (Å²) in [5.74, 6) is 0.332. The first-order valence-corrected chi connectivity index (χ1v) is 9.72. The maximum Gasteiger partial charge on any atom is 0.248 e. The zero-order valence-electron chi connectivity index (χ0n) is 15.2. The van der Waals surface area contributed by atoms with Gasteiger partial charge in [-0.2, -0.15) is 0 Å². The van der Waals surface area contributed by atoms with E-state index in [1.165, 1.54) is 18.2 Å². The van der Waals surface area contributed by atoms with Gasteiger partial charge in [-0.3, -0.25) is 4.79 Å². The van der Waals surface area contributed by atoms with Gasteiger partial charge in [-0.05, 0) is 60.9 Å². The number of primary sulfonamides is 1. The van der Waals surface area contributed by atoms with Crippen molar-refractivity contribution in [2.75, 3.05) is 11.9 Å². The maximum absolute atomic E-state index is 12.2. The smallest absolute Gasteiger partial charge is 0.248 e. The van der Waals surface area contributed by atoms with Gasteiger partial charge in [0.2, 0.25) is 15.9 Å². The van der Waals surface area contributed by atoms with E-state index < -0.39 is 10.0 Å². The van der Waals surface area contributed by atoms with Gasteiger partial charge in [0.05, 0.1) is 4.90 Å². The monoisotopic (exact) mass is 386 g/mol. The van der Waals surface area contributed by atoms with Crippen molar-refractivity contribution < 1.29 is 17.9 Å². The molecule has 0 atom stereocenters. The molecule has 2 aromatic carbocycles. The number of sulfonamides is 1. The molecule has 0 heterocycles. The van der Waals surface area contributed by atoms with Gasteiger partial charge in [0.25, 0.3) is 0 Å². The van der Waals surface area contributed by atoms with Gasteiger partial charge in [0, 0.05) is 11.8 Å². The minimum atomic E-state index is -3.85. The Bertz CT molecular complexity index is 978. The third kappa shape index (κ3) is 5.80. The van der Waals surface area contributed by atoms with Crippen molar-refractivity contribution in [3.05, 3.63) is 71.8 Å². The van der Waals surface area contributed by atoms with Gasteiger partial charge >= 0.3 is 0 Å². The Morgan fingerprint density at radius 3 is 2.48 bits per heavy atom. The van der Waals surface area contributed by atoms with Crippen molar-refractivity contribution in [2.45, 2.75) is 18.7 Å². The zero-order valence-corrected chi connectivity index (χ0v) is 16.0. The number of hydrogen-bond donors (Lipinski definition) is 2. The van der Waals surface area contributed by atoms with Gasteiger partial charge in [0.15, 0.2) is 0 Å². The van der Waals surface area contributed by atoms with Crippen LogP contribution in [0.15, 0.2) is 60.0 Å². The molecule has 6 nitrogen and oxygen atoms in total. The van der Waals surface area contributed by atoms with E-state index in [0.717, 1.165) is 16.7 Å². The van der Waals surface area contributed by atoms with Gasteiger partial charge in [-0.25, -0.2) is 13.6 Å². The molecule has 0 aliphatic heterocycles. The summed E-state index contributed by atoms with van der Waals surface area (Å²) in [6.45, 7) is 7.56. The number of hydrogen-bond acceptors (Lipinski definition) is 4. The summed E-state index contributed by atoms with van der Waals surface area (Å²) in [7, 11) is -3.85. The number of carbonyl (C=O) groups excluding carboxylic acids is 1. The molecule has 2 aromatic rings. The Balaban J connectivity index is 2.12. The molecule has 0 aliphatic carbocycles. The molecule has 0 saturated heterocycles. The predicted octanol–water partition coefficient (Wildman–Crippen LogP) is 3.17. The quantitative estimate of drug-likeness (QED) is 0.564. The first-order chi connectivity index (χ1) is 12.7. The van der Waals surface area contributed by atoms with Crippen LogP contribution in [-0.4, -0.2) is 20.9 Å². The molecule has 0 aromatic heterocycles. The summed E-state index contributed by atoms with van der Waals surface area (Å²) in [5.41, 5.74) is 2.72. The second kappa shape index (κ2) is 8.66. The summed E-state index contributed by atoms with van der Waals surface area (Å²) < 4.78 is 28.5. The van der Waals surface area contributed by atoms with Crippen molar-refractivity contribution >= 4 is 27.7 Å². The molecule has 27 heavy (non-hydrogen) atoms. The minimum absolute atomic E-state index is 0.0417. The Kier molecular flexibility index (Phi) is 6.55. The van der Waals surface area contributed by atoms with Crippen LogP contribution in [0.3, 0.4) is 0 Å². The summed E-state index contributed by atoms with van der Waals surface area (Å²) in [6, 6.07) is 10.1. The third-order valence-electron chi connectivity index (χ3n) is 3.90. The molecule has 0 fully saturated rings. The molecule has 3 N–H and O–H groups in total. The lowest BCUT2D eigenvalue weighted by Gasteiger charge is -2.11. The third-order valence-corrected chi connectivity index (χ3v) is 4.80. The number of nitrogens with one attached hydrogen (secondary N) is 1. The van der Waals surface area contributed by atoms with Gasteiger partial charge in [-0.15, -0.1) is 0 Å². The lowest BCUT2D eigenvalue weighted by molar-refractivity contribution is -0.111. The number of amides is 1. The molecule has 0 unspecified atom stereocenters. The number of nitrogens with two attached hydrogens (primary N) is 1. The van der Waals surface area contributed by atoms with E-state index in [9.17, 15) is 13.2 Å². The highest BCUT2D eigenvalue weighted by atomic mass is 32.2. The average molecular weight is 386 g/mol. The van der Waals surface area contributed by atoms with E-state index in [1.54, 1.807) is 38.1 Å². The highest BCUT2D eigenvalue weighted by molar-refractivity contribution is 7.89. The van der Waals surface area contributed by atoms with Crippen molar-refractivity contribution in [1.29, 1.82) is 0 Å². The first kappa shape index (κ1) is 20.4. The van der Waals surface area contributed by atoms with Crippen molar-refractivity contribution in [2.24, 2.45) is 5.14 Å². The van der Waals surface area contributed by atoms with Gasteiger partial charge < -0.3 is 10.1 Å². The molecule has 7 heteroatoms. The Hall–Kier alpha value is -2.90. The maximum atomic E-state index is 12.2. The van der Waals surface area contributed by atoms with Crippen molar-refractivity contribution in [3.63, 3.8) is 0 Å². The second-order valence-corrected chi connectivity index (χ2v) is 7.51. The highest BCUT2D eigenvalue weighted by Crippen LogP contribution is 2.23. The summed E-state index contributed by atoms with van der Waals surface area (Å²) >= 11 is 0. The number of aryl methyl sites for hydroxylation is 1. The zero-order chi connectivity index (χ0) is 20.0. The fourth-order valence-corrected chi connectivity index (χ4v) is 2.92. The van der Waals surface area contributed by atoms with Crippen LogP contribution in [-0.2, 0) is 14.8 Å². The van der Waals surface area contributed by atoms with Crippen molar-refractivity contribution in [3.8, 4) is 5.75 Å². The fraction of sp³-hybridized carbons (Fsp3) is 0.150. The normalized spacial score (nSPS) is 11.4. The van der Waals surface area contributed by atoms with E-state index in [4.69, 9.17) is 9.88 Å². The van der Waals surface area contributed by atoms with Gasteiger partial charge in [0.1, 0.15) is 12.4 Å². The molecule has 2 rings (SSSR count). The van der Waals surface area contributed by atoms with Crippen LogP contribution >= 0.6 is 0 Å². The first-order valence-electron chi connectivity index (χ1n) is 8.17. The summed E-state index contributed by atoms with van der Waals surface area (Å²) in [5, 5.41) is 7.87. The molecule has 0 aliphatic rings. The van der Waals surface area contributed by atoms with E-state index in [-0.39, 0.29) is 10.8 Å². The van der Waals surface area contributed by atoms with Crippen molar-refractivity contribution in [1.82, 2.24) is 0 Å². The molecule has 0 radical (unpaired) electrons. The van der Waals surface area contributed by atoms with Crippen LogP contribution in [0.4, 0.5) is 5.69 Å². The van der Waals surface area contributed by atoms with E-state index in [0.29, 0.717) is 18.0 Å². The highest BCUT2D eigenvalue weighted by Gasteiger charge is 2.13. The average Bonchev–Trinajstić information content (AvgIpc) is 2.62. The van der Waals surface area contributed by atoms with E-state index in [2.05, 4.69) is 11.9 Å². The molecule has 142 valence electrons. The SMILES string of the molecule is C=CCOc1ccc(/C=C/C(=O)Nc2cc(S(N)(=O)=O)cc(C)c2C)cc1. The Labute approximate surface area is 159 Å². The fourth-order valence-electron chi connectivity index (χ4n) is 2.30. The largest absolute Gasteiger partial charge is 0.490 e. The number of anilines is 1. The standard InChI is InChI=1S/C20H22N2O4S/c1-4-11-26-17-8-5-16(6-9-17)7-10-20(23)22-19-13-18(27(21,24)25)12-14(2)15(19)3/h4-10,12-13H,1,11H2,2-3H3,(H,22,23)(H2,21,24,25)/b10-7+. The molecular formula is C20H22N2O4S. The van der Waals surface area contributed by atoms with Crippen LogP contribution in [0.1, 0.15) is 16.7 Å². The van der Waals surface area contributed by atoms with Gasteiger partial charge in [-0.1, -0.05) is 24.8 Å². The van der Waals surface area contributed by atoms with E-state index in [1.807, 2.05) is 12.1 Å². The van der Waals surface area contributed by atoms with Crippen LogP contribution in [0.5, 0.6) is 5.75 Å². The number of benzene rings is 2. The topological polar surface area (TPSA) is 98.5 Å². The van der Waals surface area contributed by atoms with Crippen LogP contribution < -0.4 is 15.2 Å². The molecule has 0 saturated carbocycles. The lowest BCUT2D eigenvalue weighted by atomic mass is 10.1. The lowest BCUT2D eigenvalue weighted by Crippen LogP contribution is -2.15. The van der Waals surface area contributed by atoms with E-state index >= 15 is 0 Å². The predicted molar refractivity (Wildman–Crippen MR) is 107 cm³/mol. The van der Waals surface area contributed by atoms with Crippen LogP contribution in [0, 0.1) is 13.8 Å². The minimum Gasteiger partial charge on any atom is -0.490 e. The Morgan fingerprint density at radius 1 is 1.22 bits per heavy atom. The second-order valence-electron chi connectivity index (χ2n) is 5.95. The number of ether oxygens (including phenoxy) is 1. The summed E-state index contributed by atoms with van der Waals surface area (Å²) in [4.78, 5) is 12.2. The molecule has 1 amide bonds. The number of rotatable bonds is 7.